The van der Waals surface area contributed by atoms with E-state index in [9.17, 15) is 14.9 Å². The highest BCUT2D eigenvalue weighted by Gasteiger charge is 2.07. The van der Waals surface area contributed by atoms with Crippen LogP contribution in [0.4, 0.5) is 11.5 Å². The molecular formula is C16H17N3O5. The minimum Gasteiger partial charge on any atom is -0.497 e. The predicted molar refractivity (Wildman–Crippen MR) is 87.3 cm³/mol. The molecule has 24 heavy (non-hydrogen) atoms. The standard InChI is InChI=1S/C16H17N3O5/c1-23-14-6-3-12(4-7-14)16(20)24-10-2-9-17-15-8-5-13(11-18-15)19(21)22/h3-8,11H,2,9-10H2,1H3,(H,17,18). The number of ether oxygens (including phenoxy) is 2. The van der Waals surface area contributed by atoms with Gasteiger partial charge in [-0.3, -0.25) is 10.1 Å². The topological polar surface area (TPSA) is 104 Å². The van der Waals surface area contributed by atoms with Crippen molar-refractivity contribution < 1.29 is 19.2 Å². The predicted octanol–water partition coefficient (Wildman–Crippen LogP) is 2.66. The molecule has 0 aliphatic heterocycles. The van der Waals surface area contributed by atoms with Crippen LogP contribution in [-0.4, -0.2) is 36.1 Å². The highest BCUT2D eigenvalue weighted by Crippen LogP contribution is 2.13. The van der Waals surface area contributed by atoms with Gasteiger partial charge in [0, 0.05) is 12.6 Å². The first-order chi connectivity index (χ1) is 11.6. The van der Waals surface area contributed by atoms with Crippen LogP contribution < -0.4 is 10.1 Å². The molecule has 0 aliphatic carbocycles. The molecule has 2 rings (SSSR count). The van der Waals surface area contributed by atoms with E-state index in [2.05, 4.69) is 10.3 Å². The molecular weight excluding hydrogens is 314 g/mol. The molecule has 1 N–H and O–H groups in total. The Bertz CT molecular complexity index is 686. The molecule has 1 aromatic carbocycles. The molecule has 0 bridgehead atoms. The van der Waals surface area contributed by atoms with Gasteiger partial charge in [-0.15, -0.1) is 0 Å². The fraction of sp³-hybridized carbons (Fsp3) is 0.250. The van der Waals surface area contributed by atoms with Crippen molar-refractivity contribution in [1.29, 1.82) is 0 Å². The van der Waals surface area contributed by atoms with Crippen molar-refractivity contribution in [2.75, 3.05) is 25.6 Å². The van der Waals surface area contributed by atoms with E-state index in [1.807, 2.05) is 0 Å². The Labute approximate surface area is 138 Å². The van der Waals surface area contributed by atoms with Gasteiger partial charge in [0.05, 0.1) is 24.2 Å². The fourth-order valence-electron chi connectivity index (χ4n) is 1.86. The van der Waals surface area contributed by atoms with Crippen LogP contribution in [0.5, 0.6) is 5.75 Å². The minimum atomic E-state index is -0.505. The average molecular weight is 331 g/mol. The normalized spacial score (nSPS) is 10.0. The van der Waals surface area contributed by atoms with Crippen molar-refractivity contribution in [3.05, 3.63) is 58.3 Å². The van der Waals surface area contributed by atoms with E-state index >= 15 is 0 Å². The molecule has 126 valence electrons. The van der Waals surface area contributed by atoms with Crippen molar-refractivity contribution in [1.82, 2.24) is 4.98 Å². The minimum absolute atomic E-state index is 0.0611. The Morgan fingerprint density at radius 1 is 1.25 bits per heavy atom. The van der Waals surface area contributed by atoms with E-state index in [4.69, 9.17) is 9.47 Å². The zero-order valence-electron chi connectivity index (χ0n) is 13.1. The number of nitrogens with one attached hydrogen (secondary N) is 1. The molecule has 8 nitrogen and oxygen atoms in total. The Morgan fingerprint density at radius 2 is 2.00 bits per heavy atom. The smallest absolute Gasteiger partial charge is 0.338 e. The van der Waals surface area contributed by atoms with Gasteiger partial charge in [0.25, 0.3) is 5.69 Å². The van der Waals surface area contributed by atoms with Crippen molar-refractivity contribution in [2.24, 2.45) is 0 Å². The molecule has 0 saturated carbocycles. The number of anilines is 1. The van der Waals surface area contributed by atoms with Gasteiger partial charge in [-0.2, -0.15) is 0 Å². The van der Waals surface area contributed by atoms with E-state index in [0.29, 0.717) is 30.1 Å². The number of hydrogen-bond acceptors (Lipinski definition) is 7. The molecule has 0 spiro atoms. The van der Waals surface area contributed by atoms with Gasteiger partial charge >= 0.3 is 5.97 Å². The van der Waals surface area contributed by atoms with Crippen LogP contribution in [0.15, 0.2) is 42.6 Å². The van der Waals surface area contributed by atoms with Crippen LogP contribution in [0, 0.1) is 10.1 Å². The van der Waals surface area contributed by atoms with E-state index < -0.39 is 10.9 Å². The second-order valence-electron chi connectivity index (χ2n) is 4.80. The Balaban J connectivity index is 1.68. The number of pyridine rings is 1. The summed E-state index contributed by atoms with van der Waals surface area (Å²) in [6.45, 7) is 0.783. The van der Waals surface area contributed by atoms with E-state index in [1.165, 1.54) is 18.3 Å². The average Bonchev–Trinajstić information content (AvgIpc) is 2.61. The third kappa shape index (κ3) is 4.94. The largest absolute Gasteiger partial charge is 0.497 e. The monoisotopic (exact) mass is 331 g/mol. The third-order valence-electron chi connectivity index (χ3n) is 3.14. The number of rotatable bonds is 8. The van der Waals surface area contributed by atoms with Crippen LogP contribution in [0.2, 0.25) is 0 Å². The quantitative estimate of drug-likeness (QED) is 0.343. The lowest BCUT2D eigenvalue weighted by atomic mass is 10.2. The molecule has 0 amide bonds. The van der Waals surface area contributed by atoms with Gasteiger partial charge < -0.3 is 14.8 Å². The summed E-state index contributed by atoms with van der Waals surface area (Å²) in [5.74, 6) is 0.805. The Hall–Kier alpha value is -3.16. The van der Waals surface area contributed by atoms with Crippen LogP contribution in [-0.2, 0) is 4.74 Å². The van der Waals surface area contributed by atoms with Gasteiger partial charge in [-0.25, -0.2) is 9.78 Å². The number of esters is 1. The molecule has 0 atom stereocenters. The summed E-state index contributed by atoms with van der Waals surface area (Å²) in [5, 5.41) is 13.5. The number of carbonyl (C=O) groups excluding carboxylic acids is 1. The summed E-state index contributed by atoms with van der Waals surface area (Å²) in [7, 11) is 1.56. The molecule has 2 aromatic rings. The molecule has 0 fully saturated rings. The first-order valence-corrected chi connectivity index (χ1v) is 7.25. The third-order valence-corrected chi connectivity index (χ3v) is 3.14. The Morgan fingerprint density at radius 3 is 2.58 bits per heavy atom. The molecule has 0 saturated heterocycles. The maximum Gasteiger partial charge on any atom is 0.338 e. The lowest BCUT2D eigenvalue weighted by Gasteiger charge is -2.07. The lowest BCUT2D eigenvalue weighted by Crippen LogP contribution is -2.11. The van der Waals surface area contributed by atoms with Gasteiger partial charge in [0.15, 0.2) is 0 Å². The molecule has 8 heteroatoms. The van der Waals surface area contributed by atoms with Crippen molar-refractivity contribution in [3.63, 3.8) is 0 Å². The van der Waals surface area contributed by atoms with Gasteiger partial charge in [0.1, 0.15) is 17.8 Å². The van der Waals surface area contributed by atoms with Crippen LogP contribution in [0.1, 0.15) is 16.8 Å². The molecule has 0 radical (unpaired) electrons. The maximum atomic E-state index is 11.8. The van der Waals surface area contributed by atoms with E-state index in [1.54, 1.807) is 31.4 Å². The zero-order valence-corrected chi connectivity index (χ0v) is 13.1. The number of carbonyl (C=O) groups is 1. The van der Waals surface area contributed by atoms with E-state index in [0.717, 1.165) is 0 Å². The SMILES string of the molecule is COc1ccc(C(=O)OCCCNc2ccc([N+](=O)[O-])cn2)cc1. The number of aromatic nitrogens is 1. The van der Waals surface area contributed by atoms with Gasteiger partial charge in [-0.05, 0) is 36.8 Å². The van der Waals surface area contributed by atoms with Gasteiger partial charge in [-0.1, -0.05) is 0 Å². The van der Waals surface area contributed by atoms with Crippen LogP contribution in [0.3, 0.4) is 0 Å². The second kappa shape index (κ2) is 8.47. The maximum absolute atomic E-state index is 11.8. The zero-order chi connectivity index (χ0) is 17.4. The second-order valence-corrected chi connectivity index (χ2v) is 4.80. The lowest BCUT2D eigenvalue weighted by molar-refractivity contribution is -0.385. The van der Waals surface area contributed by atoms with Crippen LogP contribution >= 0.6 is 0 Å². The summed E-state index contributed by atoms with van der Waals surface area (Å²) < 4.78 is 10.2. The number of methoxy groups -OCH3 is 1. The number of nitrogens with zero attached hydrogens (tertiary/aromatic N) is 2. The summed E-state index contributed by atoms with van der Waals surface area (Å²) in [6, 6.07) is 9.57. The van der Waals surface area contributed by atoms with Gasteiger partial charge in [0.2, 0.25) is 0 Å². The van der Waals surface area contributed by atoms with E-state index in [-0.39, 0.29) is 12.3 Å². The van der Waals surface area contributed by atoms with Crippen molar-refractivity contribution in [3.8, 4) is 5.75 Å². The van der Waals surface area contributed by atoms with Crippen LogP contribution in [0.25, 0.3) is 0 Å². The molecule has 0 aliphatic rings. The number of nitro groups is 1. The summed E-state index contributed by atoms with van der Waals surface area (Å²) >= 11 is 0. The van der Waals surface area contributed by atoms with Crippen molar-refractivity contribution >= 4 is 17.5 Å². The highest BCUT2D eigenvalue weighted by molar-refractivity contribution is 5.89. The number of hydrogen-bond donors (Lipinski definition) is 1. The number of benzene rings is 1. The molecule has 0 unspecified atom stereocenters. The summed E-state index contributed by atoms with van der Waals surface area (Å²) in [4.78, 5) is 25.8. The summed E-state index contributed by atoms with van der Waals surface area (Å²) in [5.41, 5.74) is 0.398. The first kappa shape index (κ1) is 17.2. The highest BCUT2D eigenvalue weighted by atomic mass is 16.6. The fourth-order valence-corrected chi connectivity index (χ4v) is 1.86. The molecule has 1 aromatic heterocycles. The first-order valence-electron chi connectivity index (χ1n) is 7.25. The summed E-state index contributed by atoms with van der Waals surface area (Å²) in [6.07, 6.45) is 1.77. The molecule has 1 heterocycles. The Kier molecular flexibility index (Phi) is 6.07. The van der Waals surface area contributed by atoms with Crippen molar-refractivity contribution in [2.45, 2.75) is 6.42 Å².